The summed E-state index contributed by atoms with van der Waals surface area (Å²) in [5, 5.41) is 0. The smallest absolute Gasteiger partial charge is 0.257 e. The number of hydrogen-bond donors (Lipinski definition) is 1. The molecule has 4 heteroatoms. The highest BCUT2D eigenvalue weighted by Gasteiger charge is 2.31. The summed E-state index contributed by atoms with van der Waals surface area (Å²) in [7, 11) is 0. The lowest BCUT2D eigenvalue weighted by Crippen LogP contribution is -2.29. The van der Waals surface area contributed by atoms with Crippen molar-refractivity contribution in [3.8, 4) is 5.75 Å². The van der Waals surface area contributed by atoms with E-state index in [4.69, 9.17) is 10.5 Å². The van der Waals surface area contributed by atoms with Crippen LogP contribution in [0, 0.1) is 11.8 Å². The molecule has 0 bridgehead atoms. The number of carbonyl (C=O) groups is 1. The predicted octanol–water partition coefficient (Wildman–Crippen LogP) is 2.40. The molecule has 0 aromatic heterocycles. The first kappa shape index (κ1) is 13.7. The second-order valence-electron chi connectivity index (χ2n) is 5.32. The van der Waals surface area contributed by atoms with Crippen molar-refractivity contribution in [2.45, 2.75) is 20.8 Å². The summed E-state index contributed by atoms with van der Waals surface area (Å²) in [5.41, 5.74) is 7.00. The molecular weight excluding hydrogens is 240 g/mol. The zero-order chi connectivity index (χ0) is 14.0. The number of nitrogen functional groups attached to an aromatic ring is 1. The van der Waals surface area contributed by atoms with Crippen LogP contribution in [0.1, 0.15) is 31.1 Å². The standard InChI is InChI=1S/C15H22N2O2/c1-4-19-14-12(6-5-7-13(14)16)15(18)17-8-10(2)11(3)9-17/h5-7,10-11H,4,8-9,16H2,1-3H3. The van der Waals surface area contributed by atoms with Crippen molar-refractivity contribution < 1.29 is 9.53 Å². The van der Waals surface area contributed by atoms with Crippen LogP contribution in [0.5, 0.6) is 5.75 Å². The molecule has 19 heavy (non-hydrogen) atoms. The van der Waals surface area contributed by atoms with Crippen LogP contribution >= 0.6 is 0 Å². The molecule has 104 valence electrons. The van der Waals surface area contributed by atoms with E-state index in [-0.39, 0.29) is 5.91 Å². The Hall–Kier alpha value is -1.71. The van der Waals surface area contributed by atoms with E-state index in [0.29, 0.717) is 35.4 Å². The number of para-hydroxylation sites is 1. The van der Waals surface area contributed by atoms with Crippen LogP contribution in [0.15, 0.2) is 18.2 Å². The van der Waals surface area contributed by atoms with Gasteiger partial charge in [-0.25, -0.2) is 0 Å². The number of amides is 1. The third kappa shape index (κ3) is 2.67. The number of anilines is 1. The Morgan fingerprint density at radius 2 is 2.00 bits per heavy atom. The largest absolute Gasteiger partial charge is 0.491 e. The molecule has 1 saturated heterocycles. The fourth-order valence-electron chi connectivity index (χ4n) is 2.49. The third-order valence-electron chi connectivity index (χ3n) is 3.84. The summed E-state index contributed by atoms with van der Waals surface area (Å²) in [5.74, 6) is 1.62. The Morgan fingerprint density at radius 1 is 1.37 bits per heavy atom. The van der Waals surface area contributed by atoms with Gasteiger partial charge in [-0.3, -0.25) is 4.79 Å². The minimum Gasteiger partial charge on any atom is -0.491 e. The van der Waals surface area contributed by atoms with Crippen molar-refractivity contribution in [3.05, 3.63) is 23.8 Å². The van der Waals surface area contributed by atoms with Crippen molar-refractivity contribution in [3.63, 3.8) is 0 Å². The lowest BCUT2D eigenvalue weighted by molar-refractivity contribution is 0.0781. The van der Waals surface area contributed by atoms with Gasteiger partial charge < -0.3 is 15.4 Å². The fraction of sp³-hybridized carbons (Fsp3) is 0.533. The van der Waals surface area contributed by atoms with E-state index in [1.54, 1.807) is 18.2 Å². The van der Waals surface area contributed by atoms with Gasteiger partial charge in [-0.15, -0.1) is 0 Å². The van der Waals surface area contributed by atoms with Gasteiger partial charge in [0.05, 0.1) is 17.9 Å². The highest BCUT2D eigenvalue weighted by molar-refractivity contribution is 5.98. The molecule has 2 unspecified atom stereocenters. The van der Waals surface area contributed by atoms with Gasteiger partial charge in [0.1, 0.15) is 0 Å². The maximum Gasteiger partial charge on any atom is 0.257 e. The molecular formula is C15H22N2O2. The second kappa shape index (κ2) is 5.51. The van der Waals surface area contributed by atoms with Crippen LogP contribution in [0.3, 0.4) is 0 Å². The van der Waals surface area contributed by atoms with Crippen LogP contribution in [0.25, 0.3) is 0 Å². The number of carbonyl (C=O) groups excluding carboxylic acids is 1. The molecule has 4 nitrogen and oxygen atoms in total. The van der Waals surface area contributed by atoms with E-state index in [0.717, 1.165) is 13.1 Å². The summed E-state index contributed by atoms with van der Waals surface area (Å²) in [6.07, 6.45) is 0. The molecule has 1 heterocycles. The molecule has 2 rings (SSSR count). The SMILES string of the molecule is CCOc1c(N)cccc1C(=O)N1CC(C)C(C)C1. The molecule has 2 atom stereocenters. The van der Waals surface area contributed by atoms with Gasteiger partial charge in [-0.1, -0.05) is 19.9 Å². The highest BCUT2D eigenvalue weighted by Crippen LogP contribution is 2.30. The molecule has 1 aliphatic heterocycles. The maximum absolute atomic E-state index is 12.6. The van der Waals surface area contributed by atoms with Gasteiger partial charge in [0.15, 0.2) is 5.75 Å². The maximum atomic E-state index is 12.6. The molecule has 1 aliphatic rings. The van der Waals surface area contributed by atoms with E-state index in [1.165, 1.54) is 0 Å². The van der Waals surface area contributed by atoms with Crippen molar-refractivity contribution >= 4 is 11.6 Å². The molecule has 1 fully saturated rings. The topological polar surface area (TPSA) is 55.6 Å². The van der Waals surface area contributed by atoms with Crippen molar-refractivity contribution in [1.82, 2.24) is 4.90 Å². The van der Waals surface area contributed by atoms with Crippen molar-refractivity contribution in [2.75, 3.05) is 25.4 Å². The van der Waals surface area contributed by atoms with Gasteiger partial charge in [-0.05, 0) is 30.9 Å². The summed E-state index contributed by atoms with van der Waals surface area (Å²) < 4.78 is 5.53. The predicted molar refractivity (Wildman–Crippen MR) is 76.3 cm³/mol. The summed E-state index contributed by atoms with van der Waals surface area (Å²) in [6.45, 7) is 8.37. The Balaban J connectivity index is 2.26. The average Bonchev–Trinajstić information content (AvgIpc) is 2.71. The van der Waals surface area contributed by atoms with Gasteiger partial charge in [0.2, 0.25) is 0 Å². The van der Waals surface area contributed by atoms with Crippen molar-refractivity contribution in [2.24, 2.45) is 11.8 Å². The van der Waals surface area contributed by atoms with Gasteiger partial charge in [0, 0.05) is 13.1 Å². The minimum atomic E-state index is 0.0203. The second-order valence-corrected chi connectivity index (χ2v) is 5.32. The van der Waals surface area contributed by atoms with Crippen LogP contribution < -0.4 is 10.5 Å². The fourth-order valence-corrected chi connectivity index (χ4v) is 2.49. The number of benzene rings is 1. The van der Waals surface area contributed by atoms with Crippen LogP contribution in [-0.4, -0.2) is 30.5 Å². The number of ether oxygens (including phenoxy) is 1. The summed E-state index contributed by atoms with van der Waals surface area (Å²) in [6, 6.07) is 5.35. The summed E-state index contributed by atoms with van der Waals surface area (Å²) in [4.78, 5) is 14.5. The normalized spacial score (nSPS) is 22.6. The van der Waals surface area contributed by atoms with E-state index >= 15 is 0 Å². The Bertz CT molecular complexity index is 463. The van der Waals surface area contributed by atoms with E-state index in [1.807, 2.05) is 11.8 Å². The first-order valence-corrected chi connectivity index (χ1v) is 6.85. The molecule has 1 aromatic carbocycles. The Labute approximate surface area is 114 Å². The lowest BCUT2D eigenvalue weighted by Gasteiger charge is -2.19. The van der Waals surface area contributed by atoms with Crippen LogP contribution in [0.4, 0.5) is 5.69 Å². The number of nitrogens with two attached hydrogens (primary N) is 1. The Kier molecular flexibility index (Phi) is 3.98. The zero-order valence-corrected chi connectivity index (χ0v) is 11.8. The van der Waals surface area contributed by atoms with Gasteiger partial charge in [-0.2, -0.15) is 0 Å². The highest BCUT2D eigenvalue weighted by atomic mass is 16.5. The van der Waals surface area contributed by atoms with Gasteiger partial charge in [0.25, 0.3) is 5.91 Å². The van der Waals surface area contributed by atoms with Crippen LogP contribution in [-0.2, 0) is 0 Å². The monoisotopic (exact) mass is 262 g/mol. The molecule has 0 saturated carbocycles. The number of rotatable bonds is 3. The quantitative estimate of drug-likeness (QED) is 0.851. The zero-order valence-electron chi connectivity index (χ0n) is 11.8. The lowest BCUT2D eigenvalue weighted by atomic mass is 10.0. The number of nitrogens with zero attached hydrogens (tertiary/aromatic N) is 1. The molecule has 1 amide bonds. The van der Waals surface area contributed by atoms with Gasteiger partial charge >= 0.3 is 0 Å². The van der Waals surface area contributed by atoms with E-state index < -0.39 is 0 Å². The Morgan fingerprint density at radius 3 is 2.58 bits per heavy atom. The average molecular weight is 262 g/mol. The third-order valence-corrected chi connectivity index (χ3v) is 3.84. The first-order valence-electron chi connectivity index (χ1n) is 6.85. The van der Waals surface area contributed by atoms with E-state index in [9.17, 15) is 4.79 Å². The van der Waals surface area contributed by atoms with Crippen LogP contribution in [0.2, 0.25) is 0 Å². The molecule has 2 N–H and O–H groups in total. The number of likely N-dealkylation sites (tertiary alicyclic amines) is 1. The molecule has 1 aromatic rings. The summed E-state index contributed by atoms with van der Waals surface area (Å²) >= 11 is 0. The van der Waals surface area contributed by atoms with Crippen molar-refractivity contribution in [1.29, 1.82) is 0 Å². The molecule has 0 spiro atoms. The molecule has 0 aliphatic carbocycles. The number of hydrogen-bond acceptors (Lipinski definition) is 3. The first-order chi connectivity index (χ1) is 9.04. The molecule has 0 radical (unpaired) electrons. The van der Waals surface area contributed by atoms with E-state index in [2.05, 4.69) is 13.8 Å². The minimum absolute atomic E-state index is 0.0203.